The van der Waals surface area contributed by atoms with Crippen LogP contribution in [-0.4, -0.2) is 23.9 Å². The van der Waals surface area contributed by atoms with E-state index in [4.69, 9.17) is 11.5 Å². The van der Waals surface area contributed by atoms with Gasteiger partial charge in [0.2, 0.25) is 11.8 Å². The molecule has 168 valence electrons. The van der Waals surface area contributed by atoms with Crippen LogP contribution in [0.5, 0.6) is 0 Å². The molecule has 0 aliphatic heterocycles. The number of nitrogens with one attached hydrogen (secondary N) is 2. The number of nitrogen functional groups attached to an aromatic ring is 2. The zero-order chi connectivity index (χ0) is 23.1. The van der Waals surface area contributed by atoms with Gasteiger partial charge in [0.15, 0.2) is 0 Å². The Morgan fingerprint density at radius 2 is 1.00 bits per heavy atom. The van der Waals surface area contributed by atoms with Crippen LogP contribution in [0.2, 0.25) is 0 Å². The van der Waals surface area contributed by atoms with Crippen molar-refractivity contribution in [1.29, 1.82) is 0 Å². The van der Waals surface area contributed by atoms with Crippen molar-refractivity contribution in [3.8, 4) is 0 Å². The van der Waals surface area contributed by atoms with Gasteiger partial charge in [0.05, 0.1) is 0 Å². The second kappa shape index (κ2) is 10.7. The van der Waals surface area contributed by atoms with Crippen molar-refractivity contribution in [2.24, 2.45) is 0 Å². The summed E-state index contributed by atoms with van der Waals surface area (Å²) in [6, 6.07) is 15.1. The third-order valence-corrected chi connectivity index (χ3v) is 5.75. The number of anilines is 2. The van der Waals surface area contributed by atoms with Crippen LogP contribution < -0.4 is 22.1 Å². The van der Waals surface area contributed by atoms with Gasteiger partial charge in [-0.15, -0.1) is 0 Å². The number of amides is 2. The lowest BCUT2D eigenvalue weighted by Gasteiger charge is -2.30. The quantitative estimate of drug-likeness (QED) is 0.410. The molecular formula is C26H32N4O2. The van der Waals surface area contributed by atoms with Crippen LogP contribution in [0.3, 0.4) is 0 Å². The number of benzene rings is 2. The first-order valence-electron chi connectivity index (χ1n) is 11.0. The van der Waals surface area contributed by atoms with Crippen molar-refractivity contribution in [3.05, 3.63) is 70.8 Å². The van der Waals surface area contributed by atoms with E-state index in [1.54, 1.807) is 0 Å². The minimum atomic E-state index is -0.0587. The summed E-state index contributed by atoms with van der Waals surface area (Å²) in [4.78, 5) is 25.1. The van der Waals surface area contributed by atoms with E-state index in [1.165, 1.54) is 0 Å². The van der Waals surface area contributed by atoms with Crippen LogP contribution in [0.25, 0.3) is 12.2 Å². The van der Waals surface area contributed by atoms with Crippen LogP contribution in [-0.2, 0) is 9.59 Å². The number of carbonyl (C=O) groups excluding carboxylic acids is 2. The molecule has 1 saturated carbocycles. The van der Waals surface area contributed by atoms with Crippen molar-refractivity contribution in [3.63, 3.8) is 0 Å². The first-order chi connectivity index (χ1) is 15.3. The van der Waals surface area contributed by atoms with Crippen LogP contribution in [0.1, 0.15) is 50.7 Å². The zero-order valence-electron chi connectivity index (χ0n) is 18.7. The number of rotatable bonds is 6. The highest BCUT2D eigenvalue weighted by atomic mass is 16.2. The average Bonchev–Trinajstić information content (AvgIpc) is 2.78. The van der Waals surface area contributed by atoms with Crippen molar-refractivity contribution in [1.82, 2.24) is 10.6 Å². The molecule has 3 rings (SSSR count). The third kappa shape index (κ3) is 6.74. The molecule has 1 fully saturated rings. The minimum Gasteiger partial charge on any atom is -0.399 e. The first kappa shape index (κ1) is 23.1. The Morgan fingerprint density at radius 1 is 0.688 bits per heavy atom. The molecule has 0 bridgehead atoms. The largest absolute Gasteiger partial charge is 0.399 e. The molecule has 6 nitrogen and oxygen atoms in total. The lowest BCUT2D eigenvalue weighted by atomic mass is 9.90. The summed E-state index contributed by atoms with van der Waals surface area (Å²) in [6.07, 6.45) is 7.08. The number of carbonyl (C=O) groups is 2. The Kier molecular flexibility index (Phi) is 7.71. The predicted molar refractivity (Wildman–Crippen MR) is 131 cm³/mol. The molecule has 0 atom stereocenters. The van der Waals surface area contributed by atoms with E-state index in [9.17, 15) is 9.59 Å². The molecule has 2 aromatic rings. The van der Waals surface area contributed by atoms with E-state index in [2.05, 4.69) is 10.6 Å². The van der Waals surface area contributed by atoms with E-state index in [0.717, 1.165) is 36.8 Å². The van der Waals surface area contributed by atoms with E-state index < -0.39 is 0 Å². The Labute approximate surface area is 189 Å². The maximum Gasteiger partial charge on any atom is 0.247 e. The van der Waals surface area contributed by atoms with Crippen LogP contribution >= 0.6 is 0 Å². The van der Waals surface area contributed by atoms with Crippen molar-refractivity contribution in [2.45, 2.75) is 51.6 Å². The monoisotopic (exact) mass is 432 g/mol. The Morgan fingerprint density at radius 3 is 1.31 bits per heavy atom. The molecule has 0 aromatic heterocycles. The summed E-state index contributed by atoms with van der Waals surface area (Å²) in [5.41, 5.74) is 16.0. The van der Waals surface area contributed by atoms with Gasteiger partial charge in [0.25, 0.3) is 0 Å². The minimum absolute atomic E-state index is 0.0587. The summed E-state index contributed by atoms with van der Waals surface area (Å²) in [5.74, 6) is -0.117. The van der Waals surface area contributed by atoms with Gasteiger partial charge < -0.3 is 22.1 Å². The highest BCUT2D eigenvalue weighted by Crippen LogP contribution is 2.20. The van der Waals surface area contributed by atoms with Gasteiger partial charge in [-0.3, -0.25) is 9.59 Å². The van der Waals surface area contributed by atoms with Crippen LogP contribution in [0.15, 0.2) is 59.7 Å². The van der Waals surface area contributed by atoms with Gasteiger partial charge in [-0.2, -0.15) is 0 Å². The predicted octanol–water partition coefficient (Wildman–Crippen LogP) is 3.90. The van der Waals surface area contributed by atoms with Gasteiger partial charge in [0, 0.05) is 34.6 Å². The molecule has 0 heterocycles. The smallest absolute Gasteiger partial charge is 0.247 e. The summed E-state index contributed by atoms with van der Waals surface area (Å²) >= 11 is 0. The molecule has 0 saturated heterocycles. The van der Waals surface area contributed by atoms with Crippen molar-refractivity contribution in [2.75, 3.05) is 11.5 Å². The Hall–Kier alpha value is -3.54. The lowest BCUT2D eigenvalue weighted by Crippen LogP contribution is -2.44. The van der Waals surface area contributed by atoms with Crippen LogP contribution in [0.4, 0.5) is 11.4 Å². The summed E-state index contributed by atoms with van der Waals surface area (Å²) < 4.78 is 0. The molecule has 2 aromatic carbocycles. The maximum absolute atomic E-state index is 12.5. The van der Waals surface area contributed by atoms with Gasteiger partial charge in [-0.1, -0.05) is 24.3 Å². The molecule has 32 heavy (non-hydrogen) atoms. The third-order valence-electron chi connectivity index (χ3n) is 5.75. The molecule has 0 unspecified atom stereocenters. The second-order valence-electron chi connectivity index (χ2n) is 8.48. The van der Waals surface area contributed by atoms with E-state index in [-0.39, 0.29) is 23.9 Å². The van der Waals surface area contributed by atoms with Crippen molar-refractivity contribution >= 4 is 35.3 Å². The standard InChI is InChI=1S/C26H32N4O2/c1-17(15-19-3-7-21(27)8-4-19)25(31)29-23-11-13-24(14-12-23)30-26(32)18(2)16-20-5-9-22(28)10-6-20/h3-10,15-16,23-24H,11-14,27-28H2,1-2H3,(H,29,31)(H,30,32)/b17-15+,18-16+. The molecule has 1 aliphatic rings. The Balaban J connectivity index is 1.46. The Bertz CT molecular complexity index is 916. The van der Waals surface area contributed by atoms with Gasteiger partial charge in [-0.05, 0) is 87.1 Å². The molecule has 1 aliphatic carbocycles. The highest BCUT2D eigenvalue weighted by molar-refractivity contribution is 5.98. The molecule has 0 spiro atoms. The fraction of sp³-hybridized carbons (Fsp3) is 0.308. The summed E-state index contributed by atoms with van der Waals surface area (Å²) in [5, 5.41) is 6.24. The normalized spacial score (nSPS) is 19.3. The fourth-order valence-corrected chi connectivity index (χ4v) is 3.80. The molecule has 6 N–H and O–H groups in total. The zero-order valence-corrected chi connectivity index (χ0v) is 18.7. The van der Waals surface area contributed by atoms with Gasteiger partial charge in [0.1, 0.15) is 0 Å². The van der Waals surface area contributed by atoms with E-state index in [0.29, 0.717) is 22.5 Å². The fourth-order valence-electron chi connectivity index (χ4n) is 3.80. The topological polar surface area (TPSA) is 110 Å². The maximum atomic E-state index is 12.5. The summed E-state index contributed by atoms with van der Waals surface area (Å²) in [7, 11) is 0. The number of hydrogen-bond donors (Lipinski definition) is 4. The van der Waals surface area contributed by atoms with Gasteiger partial charge >= 0.3 is 0 Å². The molecular weight excluding hydrogens is 400 g/mol. The molecule has 6 heteroatoms. The second-order valence-corrected chi connectivity index (χ2v) is 8.48. The van der Waals surface area contributed by atoms with E-state index in [1.807, 2.05) is 74.5 Å². The van der Waals surface area contributed by atoms with E-state index >= 15 is 0 Å². The highest BCUT2D eigenvalue weighted by Gasteiger charge is 2.24. The molecule has 0 radical (unpaired) electrons. The SMILES string of the molecule is C/C(=C\c1ccc(N)cc1)C(=O)NC1CCC(NC(=O)/C(C)=C/c2ccc(N)cc2)CC1. The number of hydrogen-bond acceptors (Lipinski definition) is 4. The summed E-state index contributed by atoms with van der Waals surface area (Å²) in [6.45, 7) is 3.63. The lowest BCUT2D eigenvalue weighted by molar-refractivity contribution is -0.119. The van der Waals surface area contributed by atoms with Gasteiger partial charge in [-0.25, -0.2) is 0 Å². The average molecular weight is 433 g/mol. The number of nitrogens with two attached hydrogens (primary N) is 2. The van der Waals surface area contributed by atoms with Crippen molar-refractivity contribution < 1.29 is 9.59 Å². The van der Waals surface area contributed by atoms with Crippen LogP contribution in [0, 0.1) is 0 Å². The molecule has 2 amide bonds. The first-order valence-corrected chi connectivity index (χ1v) is 11.0.